The Kier molecular flexibility index (Phi) is 3.99. The number of fused-ring (bicyclic) bond motifs is 2. The number of carbonyl (C=O) groups excluding carboxylic acids is 1. The molecule has 1 aliphatic rings. The van der Waals surface area contributed by atoms with E-state index in [4.69, 9.17) is 4.74 Å². The SMILES string of the molecule is O=C1c2ccccc2OC(O)(c2ccc(I)cc2)C1c1ccc2cn[nH]c2c1. The first kappa shape index (κ1) is 17.4. The number of nitrogens with one attached hydrogen (secondary N) is 1. The van der Waals surface area contributed by atoms with Gasteiger partial charge in [0, 0.05) is 14.5 Å². The van der Waals surface area contributed by atoms with Gasteiger partial charge in [-0.25, -0.2) is 0 Å². The normalized spacial score (nSPS) is 21.4. The smallest absolute Gasteiger partial charge is 0.249 e. The van der Waals surface area contributed by atoms with Crippen LogP contribution >= 0.6 is 22.6 Å². The molecule has 6 heteroatoms. The molecule has 0 saturated heterocycles. The summed E-state index contributed by atoms with van der Waals surface area (Å²) in [4.78, 5) is 13.5. The van der Waals surface area contributed by atoms with E-state index in [1.54, 1.807) is 42.6 Å². The first-order chi connectivity index (χ1) is 13.6. The summed E-state index contributed by atoms with van der Waals surface area (Å²) in [7, 11) is 0. The maximum Gasteiger partial charge on any atom is 0.249 e. The van der Waals surface area contributed by atoms with E-state index in [0.29, 0.717) is 22.4 Å². The summed E-state index contributed by atoms with van der Waals surface area (Å²) in [5.74, 6) is -2.52. The Balaban J connectivity index is 1.74. The molecule has 2 atom stereocenters. The van der Waals surface area contributed by atoms with Crippen molar-refractivity contribution < 1.29 is 14.6 Å². The van der Waals surface area contributed by atoms with Gasteiger partial charge in [-0.3, -0.25) is 9.89 Å². The van der Waals surface area contributed by atoms with Crippen molar-refractivity contribution in [3.05, 3.63) is 93.2 Å². The average molecular weight is 482 g/mol. The van der Waals surface area contributed by atoms with Crippen LogP contribution in [-0.2, 0) is 5.79 Å². The molecule has 4 aromatic rings. The van der Waals surface area contributed by atoms with Crippen LogP contribution in [0.2, 0.25) is 0 Å². The molecule has 28 heavy (non-hydrogen) atoms. The topological polar surface area (TPSA) is 75.2 Å². The van der Waals surface area contributed by atoms with E-state index in [1.807, 2.05) is 30.3 Å². The summed E-state index contributed by atoms with van der Waals surface area (Å²) in [6, 6.07) is 20.0. The van der Waals surface area contributed by atoms with Gasteiger partial charge in [0.1, 0.15) is 11.7 Å². The lowest BCUT2D eigenvalue weighted by Gasteiger charge is -2.40. The van der Waals surface area contributed by atoms with E-state index in [1.165, 1.54) is 0 Å². The van der Waals surface area contributed by atoms with Crippen molar-refractivity contribution in [1.29, 1.82) is 0 Å². The Morgan fingerprint density at radius 2 is 1.86 bits per heavy atom. The maximum absolute atomic E-state index is 13.5. The van der Waals surface area contributed by atoms with Crippen LogP contribution in [0.3, 0.4) is 0 Å². The molecule has 0 aliphatic carbocycles. The highest BCUT2D eigenvalue weighted by Gasteiger charge is 2.50. The number of benzene rings is 3. The van der Waals surface area contributed by atoms with Gasteiger partial charge in [-0.1, -0.05) is 36.4 Å². The third kappa shape index (κ3) is 2.63. The highest BCUT2D eigenvalue weighted by atomic mass is 127. The number of hydrogen-bond acceptors (Lipinski definition) is 4. The number of hydrogen-bond donors (Lipinski definition) is 2. The molecule has 3 aromatic carbocycles. The summed E-state index contributed by atoms with van der Waals surface area (Å²) < 4.78 is 7.11. The van der Waals surface area contributed by atoms with E-state index in [2.05, 4.69) is 32.8 Å². The van der Waals surface area contributed by atoms with Crippen LogP contribution in [0.5, 0.6) is 5.75 Å². The predicted molar refractivity (Wildman–Crippen MR) is 113 cm³/mol. The minimum Gasteiger partial charge on any atom is -0.456 e. The number of ketones is 1. The molecule has 2 unspecified atom stereocenters. The van der Waals surface area contributed by atoms with Gasteiger partial charge in [0.15, 0.2) is 5.78 Å². The largest absolute Gasteiger partial charge is 0.456 e. The number of aliphatic hydroxyl groups is 1. The second-order valence-corrected chi connectivity index (χ2v) is 8.06. The molecule has 0 fully saturated rings. The number of halogens is 1. The first-order valence-electron chi connectivity index (χ1n) is 8.80. The third-order valence-electron chi connectivity index (χ3n) is 5.13. The molecule has 0 amide bonds. The quantitative estimate of drug-likeness (QED) is 0.417. The summed E-state index contributed by atoms with van der Waals surface area (Å²) in [6.45, 7) is 0. The standard InChI is InChI=1S/C22H15IN2O3/c23-16-9-7-15(8-10-16)22(27)20(13-5-6-14-12-24-25-18(14)11-13)21(26)17-3-1-2-4-19(17)28-22/h1-12,20,27H,(H,24,25). The number of carbonyl (C=O) groups is 1. The number of aromatic nitrogens is 2. The molecule has 0 radical (unpaired) electrons. The number of aromatic amines is 1. The monoisotopic (exact) mass is 482 g/mol. The minimum atomic E-state index is -1.82. The third-order valence-corrected chi connectivity index (χ3v) is 5.85. The van der Waals surface area contributed by atoms with Gasteiger partial charge in [0.05, 0.1) is 17.3 Å². The molecule has 5 rings (SSSR count). The molecule has 2 N–H and O–H groups in total. The van der Waals surface area contributed by atoms with Crippen molar-refractivity contribution in [2.24, 2.45) is 0 Å². The summed E-state index contributed by atoms with van der Waals surface area (Å²) in [5, 5.41) is 19.6. The second-order valence-electron chi connectivity index (χ2n) is 6.82. The van der Waals surface area contributed by atoms with Gasteiger partial charge in [0.2, 0.25) is 5.79 Å². The van der Waals surface area contributed by atoms with Crippen molar-refractivity contribution in [2.75, 3.05) is 0 Å². The molecule has 0 saturated carbocycles. The van der Waals surface area contributed by atoms with Crippen LogP contribution < -0.4 is 4.74 Å². The van der Waals surface area contributed by atoms with Gasteiger partial charge in [-0.15, -0.1) is 0 Å². The van der Waals surface area contributed by atoms with Gasteiger partial charge in [-0.05, 0) is 58.5 Å². The average Bonchev–Trinajstić information content (AvgIpc) is 3.16. The van der Waals surface area contributed by atoms with Crippen LogP contribution in [0.4, 0.5) is 0 Å². The molecule has 0 bridgehead atoms. The summed E-state index contributed by atoms with van der Waals surface area (Å²) >= 11 is 2.20. The molecule has 0 spiro atoms. The minimum absolute atomic E-state index is 0.179. The number of ether oxygens (including phenoxy) is 1. The van der Waals surface area contributed by atoms with Crippen molar-refractivity contribution in [1.82, 2.24) is 10.2 Å². The fourth-order valence-corrected chi connectivity index (χ4v) is 4.10. The van der Waals surface area contributed by atoms with E-state index < -0.39 is 11.7 Å². The molecular weight excluding hydrogens is 467 g/mol. The number of nitrogens with zero attached hydrogens (tertiary/aromatic N) is 1. The van der Waals surface area contributed by atoms with Gasteiger partial charge < -0.3 is 9.84 Å². The van der Waals surface area contributed by atoms with E-state index in [-0.39, 0.29) is 5.78 Å². The zero-order chi connectivity index (χ0) is 19.3. The van der Waals surface area contributed by atoms with Gasteiger partial charge >= 0.3 is 0 Å². The Morgan fingerprint density at radius 1 is 1.07 bits per heavy atom. The van der Waals surface area contributed by atoms with Crippen LogP contribution in [0.15, 0.2) is 72.9 Å². The molecule has 138 valence electrons. The fourth-order valence-electron chi connectivity index (χ4n) is 3.74. The summed E-state index contributed by atoms with van der Waals surface area (Å²) in [6.07, 6.45) is 1.72. The van der Waals surface area contributed by atoms with E-state index >= 15 is 0 Å². The zero-order valence-electron chi connectivity index (χ0n) is 14.6. The van der Waals surface area contributed by atoms with Crippen LogP contribution in [0, 0.1) is 3.57 Å². The van der Waals surface area contributed by atoms with Gasteiger partial charge in [-0.2, -0.15) is 5.10 Å². The van der Waals surface area contributed by atoms with Crippen molar-refractivity contribution in [3.8, 4) is 5.75 Å². The van der Waals surface area contributed by atoms with Crippen LogP contribution in [0.25, 0.3) is 10.9 Å². The summed E-state index contributed by atoms with van der Waals surface area (Å²) in [5.41, 5.74) is 2.46. The fraction of sp³-hybridized carbons (Fsp3) is 0.0909. The predicted octanol–water partition coefficient (Wildman–Crippen LogP) is 4.37. The lowest BCUT2D eigenvalue weighted by molar-refractivity contribution is -0.160. The zero-order valence-corrected chi connectivity index (χ0v) is 16.8. The van der Waals surface area contributed by atoms with Crippen molar-refractivity contribution >= 4 is 39.3 Å². The van der Waals surface area contributed by atoms with Crippen LogP contribution in [0.1, 0.15) is 27.4 Å². The highest BCUT2D eigenvalue weighted by Crippen LogP contribution is 2.47. The maximum atomic E-state index is 13.5. The molecular formula is C22H15IN2O3. The molecule has 5 nitrogen and oxygen atoms in total. The molecule has 1 aliphatic heterocycles. The molecule has 1 aromatic heterocycles. The Bertz CT molecular complexity index is 1200. The van der Waals surface area contributed by atoms with Crippen molar-refractivity contribution in [2.45, 2.75) is 11.7 Å². The number of rotatable bonds is 2. The van der Waals surface area contributed by atoms with Gasteiger partial charge in [0.25, 0.3) is 0 Å². The lowest BCUT2D eigenvalue weighted by Crippen LogP contribution is -2.46. The molecule has 2 heterocycles. The van der Waals surface area contributed by atoms with E-state index in [0.717, 1.165) is 14.5 Å². The number of Topliss-reactive ketones (excluding diaryl/α,β-unsaturated/α-hetero) is 1. The Morgan fingerprint density at radius 3 is 2.68 bits per heavy atom. The second kappa shape index (κ2) is 6.42. The highest BCUT2D eigenvalue weighted by molar-refractivity contribution is 14.1. The van der Waals surface area contributed by atoms with E-state index in [9.17, 15) is 9.90 Å². The lowest BCUT2D eigenvalue weighted by atomic mass is 9.78. The van der Waals surface area contributed by atoms with Crippen LogP contribution in [-0.4, -0.2) is 21.1 Å². The Labute approximate surface area is 174 Å². The number of para-hydroxylation sites is 1. The van der Waals surface area contributed by atoms with Crippen molar-refractivity contribution in [3.63, 3.8) is 0 Å². The Hall–Kier alpha value is -2.71. The first-order valence-corrected chi connectivity index (χ1v) is 9.88. The number of H-pyrrole nitrogens is 1.